The van der Waals surface area contributed by atoms with Crippen molar-refractivity contribution < 1.29 is 24.0 Å². The van der Waals surface area contributed by atoms with E-state index in [9.17, 15) is 19.7 Å². The fourth-order valence-electron chi connectivity index (χ4n) is 2.51. The lowest BCUT2D eigenvalue weighted by Crippen LogP contribution is -2.37. The molecule has 29 heavy (non-hydrogen) atoms. The van der Waals surface area contributed by atoms with Crippen LogP contribution in [0.2, 0.25) is 0 Å². The van der Waals surface area contributed by atoms with E-state index in [1.54, 1.807) is 20.3 Å². The molecule has 0 unspecified atom stereocenters. The maximum Gasteiger partial charge on any atom is 0.270 e. The van der Waals surface area contributed by atoms with Gasteiger partial charge in [0.2, 0.25) is 5.91 Å². The van der Waals surface area contributed by atoms with Gasteiger partial charge in [0.15, 0.2) is 11.5 Å². The van der Waals surface area contributed by atoms with Crippen molar-refractivity contribution in [3.8, 4) is 11.5 Å². The molecule has 0 atom stereocenters. The van der Waals surface area contributed by atoms with Crippen LogP contribution in [0, 0.1) is 10.1 Å². The number of nitrogens with zero attached hydrogens (tertiary/aromatic N) is 1. The molecule has 154 valence electrons. The highest BCUT2D eigenvalue weighted by molar-refractivity contribution is 9.10. The third-order valence-corrected chi connectivity index (χ3v) is 4.74. The van der Waals surface area contributed by atoms with E-state index in [-0.39, 0.29) is 23.7 Å². The average molecular weight is 466 g/mol. The van der Waals surface area contributed by atoms with Crippen molar-refractivity contribution >= 4 is 33.4 Å². The normalized spacial score (nSPS) is 10.2. The quantitative estimate of drug-likeness (QED) is 0.433. The molecule has 10 heteroatoms. The van der Waals surface area contributed by atoms with Gasteiger partial charge in [0.05, 0.1) is 25.7 Å². The van der Waals surface area contributed by atoms with Crippen molar-refractivity contribution in [2.45, 2.75) is 6.42 Å². The number of rotatable bonds is 9. The minimum absolute atomic E-state index is 0.112. The van der Waals surface area contributed by atoms with Crippen LogP contribution in [0.15, 0.2) is 40.9 Å². The number of benzene rings is 2. The molecular formula is C19H20BrN3O6. The molecule has 2 aromatic rings. The van der Waals surface area contributed by atoms with Gasteiger partial charge >= 0.3 is 0 Å². The summed E-state index contributed by atoms with van der Waals surface area (Å²) >= 11 is 3.46. The highest BCUT2D eigenvalue weighted by Crippen LogP contribution is 2.33. The van der Waals surface area contributed by atoms with Gasteiger partial charge in [-0.2, -0.15) is 0 Å². The Morgan fingerprint density at radius 3 is 2.45 bits per heavy atom. The summed E-state index contributed by atoms with van der Waals surface area (Å²) in [7, 11) is 3.09. The zero-order chi connectivity index (χ0) is 21.4. The molecule has 9 nitrogen and oxygen atoms in total. The molecule has 0 aliphatic carbocycles. The molecule has 0 radical (unpaired) electrons. The maximum atomic E-state index is 12.0. The van der Waals surface area contributed by atoms with Crippen molar-refractivity contribution in [1.29, 1.82) is 0 Å². The SMILES string of the molecule is COc1cc(Br)c(CCNC(=O)CNC(=O)c2cccc([N+](=O)[O-])c2)cc1OC. The van der Waals surface area contributed by atoms with Crippen molar-refractivity contribution in [1.82, 2.24) is 10.6 Å². The molecule has 0 aliphatic heterocycles. The van der Waals surface area contributed by atoms with Crippen LogP contribution in [0.5, 0.6) is 11.5 Å². The number of hydrogen-bond acceptors (Lipinski definition) is 6. The zero-order valence-electron chi connectivity index (χ0n) is 15.9. The molecule has 0 aromatic heterocycles. The molecule has 0 fully saturated rings. The molecule has 2 rings (SSSR count). The summed E-state index contributed by atoms with van der Waals surface area (Å²) in [6.07, 6.45) is 0.533. The first-order chi connectivity index (χ1) is 13.8. The van der Waals surface area contributed by atoms with E-state index in [0.717, 1.165) is 16.1 Å². The first kappa shape index (κ1) is 22.2. The Kier molecular flexibility index (Phi) is 7.96. The number of methoxy groups -OCH3 is 2. The van der Waals surface area contributed by atoms with Crippen LogP contribution in [0.4, 0.5) is 5.69 Å². The third kappa shape index (κ3) is 6.18. The lowest BCUT2D eigenvalue weighted by atomic mass is 10.1. The number of hydrogen-bond donors (Lipinski definition) is 2. The van der Waals surface area contributed by atoms with Crippen LogP contribution < -0.4 is 20.1 Å². The fraction of sp³-hybridized carbons (Fsp3) is 0.263. The number of nitro groups is 1. The number of carbonyl (C=O) groups is 2. The van der Waals surface area contributed by atoms with E-state index in [0.29, 0.717) is 24.5 Å². The molecular weight excluding hydrogens is 446 g/mol. The second-order valence-electron chi connectivity index (χ2n) is 5.89. The number of halogens is 1. The Morgan fingerprint density at radius 2 is 1.79 bits per heavy atom. The van der Waals surface area contributed by atoms with Crippen LogP contribution >= 0.6 is 15.9 Å². The maximum absolute atomic E-state index is 12.0. The van der Waals surface area contributed by atoms with Crippen molar-refractivity contribution in [3.05, 3.63) is 62.1 Å². The lowest BCUT2D eigenvalue weighted by molar-refractivity contribution is -0.384. The molecule has 0 saturated carbocycles. The smallest absolute Gasteiger partial charge is 0.270 e. The second-order valence-corrected chi connectivity index (χ2v) is 6.74. The molecule has 2 aromatic carbocycles. The first-order valence-electron chi connectivity index (χ1n) is 8.55. The second kappa shape index (κ2) is 10.4. The van der Waals surface area contributed by atoms with Crippen molar-refractivity contribution in [2.24, 2.45) is 0 Å². The lowest BCUT2D eigenvalue weighted by Gasteiger charge is -2.12. The van der Waals surface area contributed by atoms with E-state index in [1.165, 1.54) is 18.2 Å². The Bertz CT molecular complexity index is 919. The Labute approximate surface area is 175 Å². The summed E-state index contributed by atoms with van der Waals surface area (Å²) in [6, 6.07) is 8.90. The minimum atomic E-state index is -0.588. The van der Waals surface area contributed by atoms with Gasteiger partial charge < -0.3 is 20.1 Å². The summed E-state index contributed by atoms with van der Waals surface area (Å²) in [5.41, 5.74) is 0.840. The van der Waals surface area contributed by atoms with E-state index >= 15 is 0 Å². The van der Waals surface area contributed by atoms with Gasteiger partial charge in [0, 0.05) is 28.7 Å². The number of nitro benzene ring substituents is 1. The number of non-ortho nitro benzene ring substituents is 1. The summed E-state index contributed by atoms with van der Waals surface area (Å²) in [5, 5.41) is 15.9. The van der Waals surface area contributed by atoms with Crippen LogP contribution in [0.3, 0.4) is 0 Å². The van der Waals surface area contributed by atoms with Gasteiger partial charge in [-0.25, -0.2) is 0 Å². The van der Waals surface area contributed by atoms with Crippen LogP contribution in [-0.2, 0) is 11.2 Å². The number of carbonyl (C=O) groups excluding carboxylic acids is 2. The minimum Gasteiger partial charge on any atom is -0.493 e. The van der Waals surface area contributed by atoms with Gasteiger partial charge in [0.25, 0.3) is 11.6 Å². The molecule has 0 heterocycles. The van der Waals surface area contributed by atoms with Crippen LogP contribution in [0.25, 0.3) is 0 Å². The van der Waals surface area contributed by atoms with E-state index < -0.39 is 10.8 Å². The highest BCUT2D eigenvalue weighted by atomic mass is 79.9. The Hall–Kier alpha value is -3.14. The number of nitrogens with one attached hydrogen (secondary N) is 2. The summed E-state index contributed by atoms with van der Waals surface area (Å²) in [4.78, 5) is 34.2. The number of amides is 2. The highest BCUT2D eigenvalue weighted by Gasteiger charge is 2.13. The average Bonchev–Trinajstić information content (AvgIpc) is 2.72. The summed E-state index contributed by atoms with van der Waals surface area (Å²) in [5.74, 6) is 0.240. The Balaban J connectivity index is 1.84. The molecule has 0 saturated heterocycles. The Morgan fingerprint density at radius 1 is 1.10 bits per heavy atom. The van der Waals surface area contributed by atoms with Gasteiger partial charge in [-0.3, -0.25) is 19.7 Å². The van der Waals surface area contributed by atoms with Crippen molar-refractivity contribution in [3.63, 3.8) is 0 Å². The predicted octanol–water partition coefficient (Wildman–Crippen LogP) is 2.46. The summed E-state index contributed by atoms with van der Waals surface area (Å²) in [6.45, 7) is 0.105. The standard InChI is InChI=1S/C19H20BrN3O6/c1-28-16-9-12(15(20)10-17(16)29-2)6-7-21-18(24)11-22-19(25)13-4-3-5-14(8-13)23(26)27/h3-5,8-10H,6-7,11H2,1-2H3,(H,21,24)(H,22,25). The monoisotopic (exact) mass is 465 g/mol. The van der Waals surface area contributed by atoms with E-state index in [4.69, 9.17) is 9.47 Å². The van der Waals surface area contributed by atoms with Gasteiger partial charge in [-0.1, -0.05) is 22.0 Å². The topological polar surface area (TPSA) is 120 Å². The fourth-order valence-corrected chi connectivity index (χ4v) is 3.03. The molecule has 0 spiro atoms. The molecule has 2 N–H and O–H groups in total. The van der Waals surface area contributed by atoms with Crippen molar-refractivity contribution in [2.75, 3.05) is 27.3 Å². The third-order valence-electron chi connectivity index (χ3n) is 4.00. The summed E-state index contributed by atoms with van der Waals surface area (Å²) < 4.78 is 11.3. The zero-order valence-corrected chi connectivity index (χ0v) is 17.4. The largest absolute Gasteiger partial charge is 0.493 e. The predicted molar refractivity (Wildman–Crippen MR) is 109 cm³/mol. The van der Waals surface area contributed by atoms with Gasteiger partial charge in [0.1, 0.15) is 0 Å². The molecule has 2 amide bonds. The molecule has 0 aliphatic rings. The van der Waals surface area contributed by atoms with Crippen LogP contribution in [-0.4, -0.2) is 44.0 Å². The number of ether oxygens (including phenoxy) is 2. The van der Waals surface area contributed by atoms with Crippen LogP contribution in [0.1, 0.15) is 15.9 Å². The van der Waals surface area contributed by atoms with Gasteiger partial charge in [-0.15, -0.1) is 0 Å². The van der Waals surface area contributed by atoms with E-state index in [1.807, 2.05) is 6.07 Å². The van der Waals surface area contributed by atoms with Gasteiger partial charge in [-0.05, 0) is 30.2 Å². The molecule has 0 bridgehead atoms. The van der Waals surface area contributed by atoms with E-state index in [2.05, 4.69) is 26.6 Å². The first-order valence-corrected chi connectivity index (χ1v) is 9.34.